The molecule has 1 unspecified atom stereocenters. The van der Waals surface area contributed by atoms with Crippen molar-refractivity contribution < 1.29 is 4.79 Å². The summed E-state index contributed by atoms with van der Waals surface area (Å²) >= 11 is 8.35. The highest BCUT2D eigenvalue weighted by Crippen LogP contribution is 2.23. The third kappa shape index (κ3) is 3.02. The van der Waals surface area contributed by atoms with E-state index in [1.165, 1.54) is 0 Å². The van der Waals surface area contributed by atoms with Crippen LogP contribution in [0.3, 0.4) is 0 Å². The van der Waals surface area contributed by atoms with Crippen LogP contribution in [0.1, 0.15) is 34.1 Å². The summed E-state index contributed by atoms with van der Waals surface area (Å²) in [4.78, 5) is 13.0. The van der Waals surface area contributed by atoms with Gasteiger partial charge in [0.05, 0.1) is 6.04 Å². The monoisotopic (exact) mass is 287 g/mol. The molecule has 0 aliphatic heterocycles. The number of hydrogen-bond acceptors (Lipinski definition) is 5. The molecule has 1 N–H and O–H groups in total. The molecule has 1 atom stereocenters. The minimum atomic E-state index is -0.227. The van der Waals surface area contributed by atoms with Gasteiger partial charge in [-0.25, -0.2) is 0 Å². The zero-order valence-corrected chi connectivity index (χ0v) is 11.4. The molecule has 0 fully saturated rings. The number of carbonyl (C=O) groups excluding carboxylic acids is 1. The van der Waals surface area contributed by atoms with Crippen LogP contribution in [0, 0.1) is 0 Å². The van der Waals surface area contributed by atoms with E-state index >= 15 is 0 Å². The van der Waals surface area contributed by atoms with Gasteiger partial charge in [0.15, 0.2) is 0 Å². The molecule has 0 bridgehead atoms. The van der Waals surface area contributed by atoms with E-state index in [0.717, 1.165) is 22.6 Å². The van der Waals surface area contributed by atoms with Gasteiger partial charge in [-0.05, 0) is 29.5 Å². The molecule has 0 aromatic carbocycles. The summed E-state index contributed by atoms with van der Waals surface area (Å²) in [5, 5.41) is 12.5. The van der Waals surface area contributed by atoms with Crippen molar-refractivity contribution in [3.05, 3.63) is 31.9 Å². The highest BCUT2D eigenvalue weighted by atomic mass is 35.5. The molecule has 4 nitrogen and oxygen atoms in total. The summed E-state index contributed by atoms with van der Waals surface area (Å²) in [6, 6.07) is 3.99. The molecule has 7 heteroatoms. The maximum absolute atomic E-state index is 11.9. The van der Waals surface area contributed by atoms with Crippen LogP contribution in [0.4, 0.5) is 0 Å². The lowest BCUT2D eigenvalue weighted by Crippen LogP contribution is -2.27. The van der Waals surface area contributed by atoms with Gasteiger partial charge in [-0.1, -0.05) is 24.3 Å². The van der Waals surface area contributed by atoms with E-state index in [-0.39, 0.29) is 16.4 Å². The Morgan fingerprint density at radius 3 is 2.94 bits per heavy atom. The number of aromatic nitrogens is 2. The van der Waals surface area contributed by atoms with Crippen molar-refractivity contribution in [3.8, 4) is 0 Å². The molecule has 0 aliphatic carbocycles. The number of amides is 1. The first-order valence-electron chi connectivity index (χ1n) is 5.04. The van der Waals surface area contributed by atoms with Gasteiger partial charge in [0.25, 0.3) is 5.91 Å². The number of halogens is 1. The first-order chi connectivity index (χ1) is 8.20. The quantitative estimate of drug-likeness (QED) is 0.940. The van der Waals surface area contributed by atoms with Crippen LogP contribution in [0.15, 0.2) is 17.5 Å². The molecule has 0 spiro atoms. The number of carbonyl (C=O) groups is 1. The van der Waals surface area contributed by atoms with Gasteiger partial charge in [-0.15, -0.1) is 21.5 Å². The highest BCUT2D eigenvalue weighted by Gasteiger charge is 2.17. The zero-order valence-electron chi connectivity index (χ0n) is 9.01. The Morgan fingerprint density at radius 2 is 2.41 bits per heavy atom. The maximum atomic E-state index is 11.9. The number of nitrogens with zero attached hydrogens (tertiary/aromatic N) is 2. The summed E-state index contributed by atoms with van der Waals surface area (Å²) in [7, 11) is 0. The van der Waals surface area contributed by atoms with Crippen molar-refractivity contribution in [3.63, 3.8) is 0 Å². The van der Waals surface area contributed by atoms with Crippen LogP contribution < -0.4 is 5.32 Å². The van der Waals surface area contributed by atoms with Crippen molar-refractivity contribution in [2.24, 2.45) is 0 Å². The molecule has 0 radical (unpaired) electrons. The van der Waals surface area contributed by atoms with E-state index in [1.54, 1.807) is 11.3 Å². The maximum Gasteiger partial charge on any atom is 0.282 e. The molecule has 2 aromatic rings. The Hall–Kier alpha value is -0.980. The Balaban J connectivity index is 2.07. The molecule has 2 rings (SSSR count). The van der Waals surface area contributed by atoms with Crippen LogP contribution in [-0.4, -0.2) is 16.1 Å². The Morgan fingerprint density at radius 1 is 1.59 bits per heavy atom. The topological polar surface area (TPSA) is 54.9 Å². The average Bonchev–Trinajstić information content (AvgIpc) is 2.96. The smallest absolute Gasteiger partial charge is 0.282 e. The van der Waals surface area contributed by atoms with Crippen LogP contribution in [0.5, 0.6) is 0 Å². The third-order valence-electron chi connectivity index (χ3n) is 2.19. The van der Waals surface area contributed by atoms with Gasteiger partial charge in [0.2, 0.25) is 9.47 Å². The lowest BCUT2D eigenvalue weighted by Gasteiger charge is -2.13. The third-order valence-corrected chi connectivity index (χ3v) is 4.20. The number of nitrogens with one attached hydrogen (secondary N) is 1. The van der Waals surface area contributed by atoms with Crippen molar-refractivity contribution in [1.82, 2.24) is 15.5 Å². The fraction of sp³-hybridized carbons (Fsp3) is 0.300. The minimum absolute atomic E-state index is 0.0187. The van der Waals surface area contributed by atoms with E-state index in [1.807, 2.05) is 24.4 Å². The predicted octanol–water partition coefficient (Wildman–Crippen LogP) is 3.13. The summed E-state index contributed by atoms with van der Waals surface area (Å²) < 4.78 is 0.277. The van der Waals surface area contributed by atoms with Crippen molar-refractivity contribution in [2.45, 2.75) is 19.4 Å². The van der Waals surface area contributed by atoms with E-state index in [9.17, 15) is 4.79 Å². The van der Waals surface area contributed by atoms with Gasteiger partial charge >= 0.3 is 0 Å². The molecule has 0 aliphatic rings. The fourth-order valence-corrected chi connectivity index (χ4v) is 2.97. The average molecular weight is 288 g/mol. The first kappa shape index (κ1) is 12.5. The number of thiophene rings is 1. The fourth-order valence-electron chi connectivity index (χ4n) is 1.38. The molecule has 2 heterocycles. The summed E-state index contributed by atoms with van der Waals surface area (Å²) in [5.41, 5.74) is 0. The van der Waals surface area contributed by atoms with E-state index in [2.05, 4.69) is 15.5 Å². The van der Waals surface area contributed by atoms with Crippen LogP contribution >= 0.6 is 34.3 Å². The Bertz CT molecular complexity index is 497. The lowest BCUT2D eigenvalue weighted by molar-refractivity contribution is 0.0935. The normalized spacial score (nSPS) is 12.4. The first-order valence-corrected chi connectivity index (χ1v) is 7.11. The van der Waals surface area contributed by atoms with E-state index in [4.69, 9.17) is 11.6 Å². The second kappa shape index (κ2) is 5.57. The predicted molar refractivity (Wildman–Crippen MR) is 69.7 cm³/mol. The molecule has 1 amide bonds. The van der Waals surface area contributed by atoms with Crippen molar-refractivity contribution >= 4 is 40.2 Å². The Labute approximate surface area is 112 Å². The molecule has 2 aromatic heterocycles. The Kier molecular flexibility index (Phi) is 4.09. The molecule has 90 valence electrons. The largest absolute Gasteiger partial charge is 0.342 e. The molecule has 17 heavy (non-hydrogen) atoms. The number of rotatable bonds is 4. The SMILES string of the molecule is CCC(NC(=O)c1nnc(Cl)s1)c1cccs1. The van der Waals surface area contributed by atoms with E-state index in [0.29, 0.717) is 5.01 Å². The van der Waals surface area contributed by atoms with Gasteiger partial charge in [-0.3, -0.25) is 4.79 Å². The van der Waals surface area contributed by atoms with E-state index < -0.39 is 0 Å². The van der Waals surface area contributed by atoms with Crippen molar-refractivity contribution in [1.29, 1.82) is 0 Å². The second-order valence-electron chi connectivity index (χ2n) is 3.31. The van der Waals surface area contributed by atoms with Crippen LogP contribution in [0.25, 0.3) is 0 Å². The van der Waals surface area contributed by atoms with Gasteiger partial charge in [-0.2, -0.15) is 0 Å². The van der Waals surface area contributed by atoms with Crippen LogP contribution in [-0.2, 0) is 0 Å². The molecular formula is C10H10ClN3OS2. The summed E-state index contributed by atoms with van der Waals surface area (Å²) in [6.45, 7) is 2.03. The van der Waals surface area contributed by atoms with Gasteiger partial charge in [0.1, 0.15) is 0 Å². The second-order valence-corrected chi connectivity index (χ2v) is 5.85. The standard InChI is InChI=1S/C10H10ClN3OS2/c1-2-6(7-4-3-5-16-7)12-8(15)9-13-14-10(11)17-9/h3-6H,2H2,1H3,(H,12,15). The zero-order chi connectivity index (χ0) is 12.3. The number of hydrogen-bond donors (Lipinski definition) is 1. The summed E-state index contributed by atoms with van der Waals surface area (Å²) in [6.07, 6.45) is 0.832. The minimum Gasteiger partial charge on any atom is -0.342 e. The highest BCUT2D eigenvalue weighted by molar-refractivity contribution is 7.17. The summed E-state index contributed by atoms with van der Waals surface area (Å²) in [5.74, 6) is -0.227. The molecule has 0 saturated carbocycles. The molecular weight excluding hydrogens is 278 g/mol. The van der Waals surface area contributed by atoms with Gasteiger partial charge in [0, 0.05) is 4.88 Å². The lowest BCUT2D eigenvalue weighted by atomic mass is 10.2. The van der Waals surface area contributed by atoms with Gasteiger partial charge < -0.3 is 5.32 Å². The van der Waals surface area contributed by atoms with Crippen LogP contribution in [0.2, 0.25) is 4.47 Å². The molecule has 0 saturated heterocycles. The van der Waals surface area contributed by atoms with Crippen molar-refractivity contribution in [2.75, 3.05) is 0 Å².